The number of benzene rings is 2. The summed E-state index contributed by atoms with van der Waals surface area (Å²) >= 11 is 0. The Bertz CT molecular complexity index is 1480. The highest BCUT2D eigenvalue weighted by atomic mass is 16.5. The SMILES string of the molecule is COc1ccc(-c2ccc(N3CCN(C(=O)CN(Cc4ccco4)C(=O)Nc4ccc(C)cc4)CC3)nn2)c(OC)c1. The number of carbonyl (C=O) groups excluding carboxylic acids is 2. The van der Waals surface area contributed by atoms with Gasteiger partial charge >= 0.3 is 6.03 Å². The van der Waals surface area contributed by atoms with E-state index >= 15 is 0 Å². The second kappa shape index (κ2) is 13.1. The molecule has 0 spiro atoms. The number of carbonyl (C=O) groups is 2. The maximum atomic E-state index is 13.3. The number of furan rings is 1. The van der Waals surface area contributed by atoms with Gasteiger partial charge in [-0.15, -0.1) is 10.2 Å². The van der Waals surface area contributed by atoms with Crippen LogP contribution in [0.5, 0.6) is 11.5 Å². The van der Waals surface area contributed by atoms with Gasteiger partial charge in [0.15, 0.2) is 5.82 Å². The molecule has 1 aliphatic heterocycles. The molecule has 5 rings (SSSR count). The lowest BCUT2D eigenvalue weighted by Gasteiger charge is -2.36. The fourth-order valence-electron chi connectivity index (χ4n) is 4.73. The molecule has 2 aromatic carbocycles. The lowest BCUT2D eigenvalue weighted by Crippen LogP contribution is -2.52. The van der Waals surface area contributed by atoms with Crippen molar-refractivity contribution in [3.8, 4) is 22.8 Å². The first-order valence-electron chi connectivity index (χ1n) is 13.7. The number of amides is 3. The van der Waals surface area contributed by atoms with Gasteiger partial charge < -0.3 is 33.9 Å². The Labute approximate surface area is 244 Å². The molecule has 1 N–H and O–H groups in total. The number of rotatable bonds is 9. The van der Waals surface area contributed by atoms with Crippen molar-refractivity contribution in [1.82, 2.24) is 20.0 Å². The molecule has 0 unspecified atom stereocenters. The standard InChI is InChI=1S/C31H34N6O5/c1-22-6-8-23(9-7-22)32-31(39)37(20-25-5-4-18-42-25)21-30(38)36-16-14-35(15-17-36)29-13-12-27(33-34-29)26-11-10-24(40-2)19-28(26)41-3/h4-13,18-19H,14-17,20-21H2,1-3H3,(H,32,39). The number of aryl methyl sites for hydroxylation is 1. The highest BCUT2D eigenvalue weighted by Crippen LogP contribution is 2.32. The average molecular weight is 571 g/mol. The molecule has 11 nitrogen and oxygen atoms in total. The van der Waals surface area contributed by atoms with Crippen molar-refractivity contribution >= 4 is 23.4 Å². The number of urea groups is 1. The summed E-state index contributed by atoms with van der Waals surface area (Å²) in [6.45, 7) is 4.28. The summed E-state index contributed by atoms with van der Waals surface area (Å²) in [7, 11) is 3.21. The second-order valence-corrected chi connectivity index (χ2v) is 9.94. The monoisotopic (exact) mass is 570 g/mol. The van der Waals surface area contributed by atoms with Crippen LogP contribution in [0.1, 0.15) is 11.3 Å². The van der Waals surface area contributed by atoms with Crippen LogP contribution in [-0.2, 0) is 11.3 Å². The summed E-state index contributed by atoms with van der Waals surface area (Å²) < 4.78 is 16.2. The topological polar surface area (TPSA) is 113 Å². The van der Waals surface area contributed by atoms with Crippen molar-refractivity contribution in [3.05, 3.63) is 84.3 Å². The van der Waals surface area contributed by atoms with Gasteiger partial charge in [0.1, 0.15) is 23.8 Å². The fourth-order valence-corrected chi connectivity index (χ4v) is 4.73. The van der Waals surface area contributed by atoms with Crippen molar-refractivity contribution in [2.75, 3.05) is 57.2 Å². The zero-order chi connectivity index (χ0) is 29.5. The lowest BCUT2D eigenvalue weighted by atomic mass is 10.1. The average Bonchev–Trinajstić information content (AvgIpc) is 3.55. The van der Waals surface area contributed by atoms with E-state index in [1.165, 1.54) is 4.90 Å². The Balaban J connectivity index is 1.19. The molecule has 0 bridgehead atoms. The van der Waals surface area contributed by atoms with Crippen LogP contribution < -0.4 is 19.7 Å². The zero-order valence-corrected chi connectivity index (χ0v) is 23.9. The van der Waals surface area contributed by atoms with Crippen molar-refractivity contribution in [3.63, 3.8) is 0 Å². The number of aromatic nitrogens is 2. The van der Waals surface area contributed by atoms with E-state index in [2.05, 4.69) is 20.4 Å². The van der Waals surface area contributed by atoms with Crippen LogP contribution in [0.4, 0.5) is 16.3 Å². The van der Waals surface area contributed by atoms with Crippen molar-refractivity contribution in [2.24, 2.45) is 0 Å². The molecule has 4 aromatic rings. The van der Waals surface area contributed by atoms with Crippen LogP contribution in [0, 0.1) is 6.92 Å². The van der Waals surface area contributed by atoms with E-state index in [1.54, 1.807) is 37.5 Å². The number of piperazine rings is 1. The molecule has 0 saturated carbocycles. The first kappa shape index (κ1) is 28.5. The number of hydrogen-bond acceptors (Lipinski definition) is 8. The summed E-state index contributed by atoms with van der Waals surface area (Å²) in [5.41, 5.74) is 3.26. The molecular formula is C31H34N6O5. The lowest BCUT2D eigenvalue weighted by molar-refractivity contribution is -0.132. The fraction of sp³-hybridized carbons (Fsp3) is 0.290. The normalized spacial score (nSPS) is 13.0. The number of nitrogens with one attached hydrogen (secondary N) is 1. The summed E-state index contributed by atoms with van der Waals surface area (Å²) in [4.78, 5) is 31.8. The smallest absolute Gasteiger partial charge is 0.322 e. The van der Waals surface area contributed by atoms with Crippen molar-refractivity contribution < 1.29 is 23.5 Å². The molecule has 0 atom stereocenters. The minimum absolute atomic E-state index is 0.0728. The summed E-state index contributed by atoms with van der Waals surface area (Å²) in [5, 5.41) is 11.7. The van der Waals surface area contributed by atoms with Crippen molar-refractivity contribution in [2.45, 2.75) is 13.5 Å². The predicted molar refractivity (Wildman–Crippen MR) is 159 cm³/mol. The van der Waals surface area contributed by atoms with Crippen LogP contribution in [0.15, 0.2) is 77.4 Å². The Morgan fingerprint density at radius 3 is 2.38 bits per heavy atom. The van der Waals surface area contributed by atoms with E-state index < -0.39 is 0 Å². The Kier molecular flexibility index (Phi) is 8.86. The Hall–Kier alpha value is -5.06. The van der Waals surface area contributed by atoms with Gasteiger partial charge in [0.25, 0.3) is 0 Å². The predicted octanol–water partition coefficient (Wildman–Crippen LogP) is 4.45. The van der Waals surface area contributed by atoms with Gasteiger partial charge in [-0.1, -0.05) is 17.7 Å². The largest absolute Gasteiger partial charge is 0.497 e. The number of ether oxygens (including phenoxy) is 2. The molecule has 218 valence electrons. The molecule has 11 heteroatoms. The maximum absolute atomic E-state index is 13.3. The van der Waals surface area contributed by atoms with Crippen LogP contribution in [0.25, 0.3) is 11.3 Å². The first-order chi connectivity index (χ1) is 20.4. The van der Waals surface area contributed by atoms with Gasteiger partial charge in [0.2, 0.25) is 5.91 Å². The van der Waals surface area contributed by atoms with Gasteiger partial charge in [-0.25, -0.2) is 4.79 Å². The Morgan fingerprint density at radius 1 is 0.952 bits per heavy atom. The minimum Gasteiger partial charge on any atom is -0.497 e. The molecule has 0 radical (unpaired) electrons. The number of hydrogen-bond donors (Lipinski definition) is 1. The molecule has 3 heterocycles. The van der Waals surface area contributed by atoms with E-state index in [4.69, 9.17) is 13.9 Å². The van der Waals surface area contributed by atoms with Crippen LogP contribution in [0.3, 0.4) is 0 Å². The van der Waals surface area contributed by atoms with E-state index in [-0.39, 0.29) is 25.0 Å². The number of methoxy groups -OCH3 is 2. The van der Waals surface area contributed by atoms with E-state index in [1.807, 2.05) is 61.5 Å². The van der Waals surface area contributed by atoms with E-state index in [0.29, 0.717) is 54.8 Å². The van der Waals surface area contributed by atoms with Crippen LogP contribution in [-0.4, -0.2) is 78.9 Å². The molecule has 1 saturated heterocycles. The molecule has 0 aliphatic carbocycles. The molecule has 42 heavy (non-hydrogen) atoms. The van der Waals surface area contributed by atoms with Gasteiger partial charge in [-0.05, 0) is 55.5 Å². The van der Waals surface area contributed by atoms with Gasteiger partial charge in [-0.2, -0.15) is 0 Å². The van der Waals surface area contributed by atoms with Gasteiger partial charge in [0, 0.05) is 43.5 Å². The van der Waals surface area contributed by atoms with E-state index in [0.717, 1.165) is 16.9 Å². The highest BCUT2D eigenvalue weighted by molar-refractivity contribution is 5.92. The van der Waals surface area contributed by atoms with Crippen LogP contribution >= 0.6 is 0 Å². The first-order valence-corrected chi connectivity index (χ1v) is 13.7. The third-order valence-corrected chi connectivity index (χ3v) is 7.13. The zero-order valence-electron chi connectivity index (χ0n) is 23.9. The molecule has 3 amide bonds. The summed E-state index contributed by atoms with van der Waals surface area (Å²) in [6, 6.07) is 20.1. The van der Waals surface area contributed by atoms with Gasteiger partial charge in [0.05, 0.1) is 32.7 Å². The van der Waals surface area contributed by atoms with E-state index in [9.17, 15) is 9.59 Å². The summed E-state index contributed by atoms with van der Waals surface area (Å²) in [6.07, 6.45) is 1.55. The molecule has 1 fully saturated rings. The third-order valence-electron chi connectivity index (χ3n) is 7.13. The van der Waals surface area contributed by atoms with Crippen molar-refractivity contribution in [1.29, 1.82) is 0 Å². The molecule has 2 aromatic heterocycles. The molecule has 1 aliphatic rings. The van der Waals surface area contributed by atoms with Crippen LogP contribution in [0.2, 0.25) is 0 Å². The minimum atomic E-state index is -0.369. The van der Waals surface area contributed by atoms with Gasteiger partial charge in [-0.3, -0.25) is 4.79 Å². The number of anilines is 2. The third kappa shape index (κ3) is 6.80. The molecular weight excluding hydrogens is 536 g/mol. The highest BCUT2D eigenvalue weighted by Gasteiger charge is 2.26. The Morgan fingerprint density at radius 2 is 1.74 bits per heavy atom. The number of nitrogens with zero attached hydrogens (tertiary/aromatic N) is 5. The quantitative estimate of drug-likeness (QED) is 0.314. The second-order valence-electron chi connectivity index (χ2n) is 9.94. The maximum Gasteiger partial charge on any atom is 0.322 e. The summed E-state index contributed by atoms with van der Waals surface area (Å²) in [5.74, 6) is 2.55.